The van der Waals surface area contributed by atoms with Gasteiger partial charge in [0, 0.05) is 6.08 Å². The SMILES string of the molecule is Cc1cc(C)c(C)c(CC/C=C/C(=O)O)c1C. The number of carboxylic acid groups (broad SMARTS) is 1. The monoisotopic (exact) mass is 232 g/mol. The van der Waals surface area contributed by atoms with Crippen molar-refractivity contribution in [3.63, 3.8) is 0 Å². The minimum atomic E-state index is -0.876. The maximum absolute atomic E-state index is 10.4. The molecule has 0 fully saturated rings. The van der Waals surface area contributed by atoms with Crippen LogP contribution in [0.2, 0.25) is 0 Å². The minimum absolute atomic E-state index is 0.775. The number of rotatable bonds is 4. The van der Waals surface area contributed by atoms with Crippen LogP contribution in [-0.4, -0.2) is 11.1 Å². The van der Waals surface area contributed by atoms with Gasteiger partial charge < -0.3 is 5.11 Å². The minimum Gasteiger partial charge on any atom is -0.478 e. The molecule has 2 heteroatoms. The highest BCUT2D eigenvalue weighted by atomic mass is 16.4. The van der Waals surface area contributed by atoms with Crippen LogP contribution in [-0.2, 0) is 11.2 Å². The van der Waals surface area contributed by atoms with Crippen LogP contribution in [0.15, 0.2) is 18.2 Å². The van der Waals surface area contributed by atoms with Gasteiger partial charge in [-0.15, -0.1) is 0 Å². The summed E-state index contributed by atoms with van der Waals surface area (Å²) in [6, 6.07) is 2.21. The fraction of sp³-hybridized carbons (Fsp3) is 0.400. The molecule has 0 aliphatic carbocycles. The fourth-order valence-corrected chi connectivity index (χ4v) is 2.09. The normalized spacial score (nSPS) is 11.1. The number of hydrogen-bond donors (Lipinski definition) is 1. The second kappa shape index (κ2) is 5.67. The van der Waals surface area contributed by atoms with Crippen molar-refractivity contribution in [2.45, 2.75) is 40.5 Å². The van der Waals surface area contributed by atoms with Crippen molar-refractivity contribution in [3.05, 3.63) is 46.0 Å². The van der Waals surface area contributed by atoms with Crippen LogP contribution >= 0.6 is 0 Å². The molecule has 0 spiro atoms. The summed E-state index contributed by atoms with van der Waals surface area (Å²) < 4.78 is 0. The molecule has 0 bridgehead atoms. The Balaban J connectivity index is 2.87. The van der Waals surface area contributed by atoms with Gasteiger partial charge >= 0.3 is 5.97 Å². The molecule has 1 rings (SSSR count). The Hall–Kier alpha value is -1.57. The second-order valence-corrected chi connectivity index (χ2v) is 4.52. The predicted molar refractivity (Wildman–Crippen MR) is 70.5 cm³/mol. The first-order valence-electron chi connectivity index (χ1n) is 5.89. The topological polar surface area (TPSA) is 37.3 Å². The van der Waals surface area contributed by atoms with Gasteiger partial charge in [0.25, 0.3) is 0 Å². The lowest BCUT2D eigenvalue weighted by molar-refractivity contribution is -0.131. The molecule has 0 radical (unpaired) electrons. The Bertz CT molecular complexity index is 430. The number of hydrogen-bond acceptors (Lipinski definition) is 1. The quantitative estimate of drug-likeness (QED) is 0.807. The molecule has 0 aliphatic heterocycles. The molecule has 0 unspecified atom stereocenters. The third-order valence-electron chi connectivity index (χ3n) is 3.34. The van der Waals surface area contributed by atoms with Gasteiger partial charge in [-0.3, -0.25) is 0 Å². The molecule has 0 amide bonds. The molecule has 0 aromatic heterocycles. The average molecular weight is 232 g/mol. The summed E-state index contributed by atoms with van der Waals surface area (Å²) in [5.74, 6) is -0.876. The number of carboxylic acids is 1. The third kappa shape index (κ3) is 3.45. The van der Waals surface area contributed by atoms with Crippen LogP contribution in [0.3, 0.4) is 0 Å². The van der Waals surface area contributed by atoms with Crippen LogP contribution < -0.4 is 0 Å². The number of aliphatic carboxylic acids is 1. The highest BCUT2D eigenvalue weighted by molar-refractivity contribution is 5.79. The summed E-state index contributed by atoms with van der Waals surface area (Å²) in [6.07, 6.45) is 4.62. The number of allylic oxidation sites excluding steroid dienone is 1. The van der Waals surface area contributed by atoms with E-state index < -0.39 is 5.97 Å². The zero-order valence-electron chi connectivity index (χ0n) is 11.0. The van der Waals surface area contributed by atoms with Crippen LogP contribution in [0.5, 0.6) is 0 Å². The summed E-state index contributed by atoms with van der Waals surface area (Å²) in [7, 11) is 0. The molecule has 92 valence electrons. The Morgan fingerprint density at radius 2 is 1.71 bits per heavy atom. The zero-order valence-corrected chi connectivity index (χ0v) is 11.0. The van der Waals surface area contributed by atoms with Gasteiger partial charge in [0.05, 0.1) is 0 Å². The Morgan fingerprint density at radius 3 is 2.18 bits per heavy atom. The van der Waals surface area contributed by atoms with Crippen molar-refractivity contribution in [1.82, 2.24) is 0 Å². The van der Waals surface area contributed by atoms with Crippen LogP contribution in [0.4, 0.5) is 0 Å². The molecule has 0 saturated carbocycles. The Labute approximate surface area is 103 Å². The molecule has 0 aliphatic rings. The molecule has 0 atom stereocenters. The van der Waals surface area contributed by atoms with Gasteiger partial charge in [-0.1, -0.05) is 12.1 Å². The Kier molecular flexibility index (Phi) is 4.50. The van der Waals surface area contributed by atoms with E-state index in [1.165, 1.54) is 33.9 Å². The zero-order chi connectivity index (χ0) is 13.0. The van der Waals surface area contributed by atoms with Crippen molar-refractivity contribution in [2.24, 2.45) is 0 Å². The highest BCUT2D eigenvalue weighted by Crippen LogP contribution is 2.22. The lowest BCUT2D eigenvalue weighted by Gasteiger charge is -2.14. The smallest absolute Gasteiger partial charge is 0.327 e. The summed E-state index contributed by atoms with van der Waals surface area (Å²) in [5, 5.41) is 8.52. The molecular formula is C15H20O2. The third-order valence-corrected chi connectivity index (χ3v) is 3.34. The van der Waals surface area contributed by atoms with Crippen molar-refractivity contribution in [1.29, 1.82) is 0 Å². The molecule has 1 aromatic carbocycles. The highest BCUT2D eigenvalue weighted by Gasteiger charge is 2.07. The molecule has 1 N–H and O–H groups in total. The average Bonchev–Trinajstić information content (AvgIpc) is 2.25. The fourth-order valence-electron chi connectivity index (χ4n) is 2.09. The molecule has 2 nitrogen and oxygen atoms in total. The van der Waals surface area contributed by atoms with Crippen LogP contribution in [0, 0.1) is 27.7 Å². The maximum Gasteiger partial charge on any atom is 0.327 e. The van der Waals surface area contributed by atoms with Crippen molar-refractivity contribution < 1.29 is 9.90 Å². The predicted octanol–water partition coefficient (Wildman–Crippen LogP) is 3.49. The van der Waals surface area contributed by atoms with Gasteiger partial charge in [-0.25, -0.2) is 4.79 Å². The number of benzene rings is 1. The first-order valence-corrected chi connectivity index (χ1v) is 5.89. The van der Waals surface area contributed by atoms with E-state index in [4.69, 9.17) is 5.11 Å². The van der Waals surface area contributed by atoms with E-state index in [0.717, 1.165) is 12.8 Å². The van der Waals surface area contributed by atoms with E-state index in [0.29, 0.717) is 0 Å². The van der Waals surface area contributed by atoms with Crippen LogP contribution in [0.1, 0.15) is 34.2 Å². The first kappa shape index (κ1) is 13.5. The summed E-state index contributed by atoms with van der Waals surface area (Å²) in [4.78, 5) is 10.4. The molecule has 0 saturated heterocycles. The van der Waals surface area contributed by atoms with E-state index in [1.807, 2.05) is 0 Å². The summed E-state index contributed by atoms with van der Waals surface area (Å²) in [6.45, 7) is 8.52. The lowest BCUT2D eigenvalue weighted by atomic mass is 9.91. The molecule has 17 heavy (non-hydrogen) atoms. The van der Waals surface area contributed by atoms with E-state index in [2.05, 4.69) is 33.8 Å². The summed E-state index contributed by atoms with van der Waals surface area (Å²) >= 11 is 0. The van der Waals surface area contributed by atoms with Gasteiger partial charge in [-0.2, -0.15) is 0 Å². The van der Waals surface area contributed by atoms with Crippen LogP contribution in [0.25, 0.3) is 0 Å². The largest absolute Gasteiger partial charge is 0.478 e. The lowest BCUT2D eigenvalue weighted by Crippen LogP contribution is -1.99. The van der Waals surface area contributed by atoms with Crippen molar-refractivity contribution in [2.75, 3.05) is 0 Å². The van der Waals surface area contributed by atoms with Gasteiger partial charge in [-0.05, 0) is 68.4 Å². The number of carbonyl (C=O) groups is 1. The van der Waals surface area contributed by atoms with Crippen molar-refractivity contribution >= 4 is 5.97 Å². The molecule has 1 aromatic rings. The molecular weight excluding hydrogens is 212 g/mol. The second-order valence-electron chi connectivity index (χ2n) is 4.52. The van der Waals surface area contributed by atoms with E-state index in [-0.39, 0.29) is 0 Å². The van der Waals surface area contributed by atoms with Gasteiger partial charge in [0.15, 0.2) is 0 Å². The van der Waals surface area contributed by atoms with E-state index in [1.54, 1.807) is 6.08 Å². The van der Waals surface area contributed by atoms with Gasteiger partial charge in [0.2, 0.25) is 0 Å². The van der Waals surface area contributed by atoms with E-state index >= 15 is 0 Å². The van der Waals surface area contributed by atoms with E-state index in [9.17, 15) is 4.79 Å². The van der Waals surface area contributed by atoms with Gasteiger partial charge in [0.1, 0.15) is 0 Å². The van der Waals surface area contributed by atoms with Crippen molar-refractivity contribution in [3.8, 4) is 0 Å². The number of aryl methyl sites for hydroxylation is 2. The Morgan fingerprint density at radius 1 is 1.18 bits per heavy atom. The molecule has 0 heterocycles. The maximum atomic E-state index is 10.4. The summed E-state index contributed by atoms with van der Waals surface area (Å²) in [5.41, 5.74) is 6.64. The standard InChI is InChI=1S/C15H20O2/c1-10-9-11(2)13(4)14(12(10)3)7-5-6-8-15(16)17/h6,8-9H,5,7H2,1-4H3,(H,16,17)/b8-6+. The first-order chi connectivity index (χ1) is 7.93.